The van der Waals surface area contributed by atoms with Crippen LogP contribution in [0.2, 0.25) is 0 Å². The number of hydrogen-bond acceptors (Lipinski definition) is 6. The summed E-state index contributed by atoms with van der Waals surface area (Å²) in [6.07, 6.45) is 5.33. The molecule has 5 nitrogen and oxygen atoms in total. The highest BCUT2D eigenvalue weighted by atomic mass is 32.2. The van der Waals surface area contributed by atoms with Crippen molar-refractivity contribution in [2.75, 3.05) is 21.3 Å². The second-order valence-electron chi connectivity index (χ2n) is 4.19. The average Bonchev–Trinajstić information content (AvgIpc) is 2.84. The van der Waals surface area contributed by atoms with E-state index in [1.165, 1.54) is 11.8 Å². The molecule has 1 saturated heterocycles. The van der Waals surface area contributed by atoms with Gasteiger partial charge in [-0.3, -0.25) is 4.79 Å². The summed E-state index contributed by atoms with van der Waals surface area (Å²) in [5.74, 6) is 1.51. The van der Waals surface area contributed by atoms with Gasteiger partial charge in [0.25, 0.3) is 5.91 Å². The van der Waals surface area contributed by atoms with Gasteiger partial charge in [0.15, 0.2) is 11.5 Å². The highest BCUT2D eigenvalue weighted by molar-refractivity contribution is 8.26. The first-order valence-electron chi connectivity index (χ1n) is 6.30. The first kappa shape index (κ1) is 16.4. The Morgan fingerprint density at radius 3 is 2.23 bits per heavy atom. The molecule has 1 heterocycles. The second kappa shape index (κ2) is 7.33. The van der Waals surface area contributed by atoms with Crippen molar-refractivity contribution in [1.82, 2.24) is 5.32 Å². The number of ether oxygens (including phenoxy) is 3. The first-order valence-corrected chi connectivity index (χ1v) is 7.53. The Hall–Kier alpha value is -1.99. The lowest BCUT2D eigenvalue weighted by molar-refractivity contribution is -0.115. The van der Waals surface area contributed by atoms with Crippen molar-refractivity contribution in [3.8, 4) is 17.2 Å². The van der Waals surface area contributed by atoms with Crippen LogP contribution in [0.3, 0.4) is 0 Å². The zero-order valence-corrected chi connectivity index (χ0v) is 14.0. The smallest absolute Gasteiger partial charge is 0.263 e. The highest BCUT2D eigenvalue weighted by Crippen LogP contribution is 2.38. The van der Waals surface area contributed by atoms with E-state index in [1.807, 2.05) is 18.2 Å². The Kier molecular flexibility index (Phi) is 5.46. The molecule has 22 heavy (non-hydrogen) atoms. The standard InChI is InChI=1S/C15H15NO4S2/c1-18-10-7-9(8-11(19-2)13(10)20-3)5-4-6-12-14(17)16-15(21)22-12/h4-8H,1-3H3,(H,16,17,21). The van der Waals surface area contributed by atoms with Crippen LogP contribution >= 0.6 is 24.0 Å². The molecule has 2 rings (SSSR count). The van der Waals surface area contributed by atoms with Crippen LogP contribution in [-0.2, 0) is 4.79 Å². The predicted octanol–water partition coefficient (Wildman–Crippen LogP) is 2.76. The number of hydrogen-bond donors (Lipinski definition) is 1. The van der Waals surface area contributed by atoms with E-state index in [2.05, 4.69) is 5.32 Å². The van der Waals surface area contributed by atoms with E-state index in [-0.39, 0.29) is 5.91 Å². The lowest BCUT2D eigenvalue weighted by atomic mass is 10.1. The third kappa shape index (κ3) is 3.61. The number of thiocarbonyl (C=S) groups is 1. The van der Waals surface area contributed by atoms with Gasteiger partial charge in [-0.15, -0.1) is 0 Å². The van der Waals surface area contributed by atoms with Crippen LogP contribution in [0.5, 0.6) is 17.2 Å². The number of benzene rings is 1. The molecule has 1 aliphatic heterocycles. The SMILES string of the molecule is COc1cc(C=CC=C2SC(=S)NC2=O)cc(OC)c1OC. The van der Waals surface area contributed by atoms with E-state index in [0.717, 1.165) is 5.56 Å². The van der Waals surface area contributed by atoms with Crippen LogP contribution in [0.4, 0.5) is 0 Å². The number of carbonyl (C=O) groups is 1. The summed E-state index contributed by atoms with van der Waals surface area (Å²) in [5.41, 5.74) is 0.859. The summed E-state index contributed by atoms with van der Waals surface area (Å²) < 4.78 is 16.3. The predicted molar refractivity (Wildman–Crippen MR) is 91.5 cm³/mol. The summed E-state index contributed by atoms with van der Waals surface area (Å²) in [5, 5.41) is 2.56. The van der Waals surface area contributed by atoms with Gasteiger partial charge in [0.2, 0.25) is 5.75 Å². The molecular weight excluding hydrogens is 322 g/mol. The summed E-state index contributed by atoms with van der Waals surface area (Å²) >= 11 is 6.17. The molecule has 1 amide bonds. The maximum Gasteiger partial charge on any atom is 0.263 e. The van der Waals surface area contributed by atoms with Gasteiger partial charge >= 0.3 is 0 Å². The Morgan fingerprint density at radius 2 is 1.77 bits per heavy atom. The monoisotopic (exact) mass is 337 g/mol. The van der Waals surface area contributed by atoms with E-state index in [0.29, 0.717) is 26.5 Å². The zero-order valence-electron chi connectivity index (χ0n) is 12.3. The number of allylic oxidation sites excluding steroid dienone is 2. The molecule has 0 radical (unpaired) electrons. The molecule has 7 heteroatoms. The first-order chi connectivity index (χ1) is 10.6. The van der Waals surface area contributed by atoms with Crippen molar-refractivity contribution < 1.29 is 19.0 Å². The average molecular weight is 337 g/mol. The quantitative estimate of drug-likeness (QED) is 0.659. The molecule has 1 aliphatic rings. The molecule has 1 aromatic rings. The van der Waals surface area contributed by atoms with Crippen molar-refractivity contribution in [3.63, 3.8) is 0 Å². The number of thioether (sulfide) groups is 1. The molecule has 1 aromatic carbocycles. The Bertz CT molecular complexity index is 643. The van der Waals surface area contributed by atoms with E-state index in [1.54, 1.807) is 33.5 Å². The highest BCUT2D eigenvalue weighted by Gasteiger charge is 2.21. The van der Waals surface area contributed by atoms with Crippen LogP contribution in [0.1, 0.15) is 5.56 Å². The topological polar surface area (TPSA) is 56.8 Å². The molecule has 1 fully saturated rings. The van der Waals surface area contributed by atoms with Gasteiger partial charge in [0.05, 0.1) is 26.2 Å². The molecule has 0 spiro atoms. The van der Waals surface area contributed by atoms with Gasteiger partial charge in [-0.1, -0.05) is 36.1 Å². The fraction of sp³-hybridized carbons (Fsp3) is 0.200. The Labute approximate surface area is 138 Å². The normalized spacial score (nSPS) is 16.2. The minimum absolute atomic E-state index is 0.176. The van der Waals surface area contributed by atoms with Crippen LogP contribution < -0.4 is 19.5 Å². The maximum atomic E-state index is 11.5. The third-order valence-electron chi connectivity index (χ3n) is 2.87. The molecule has 0 saturated carbocycles. The molecule has 0 aliphatic carbocycles. The zero-order chi connectivity index (χ0) is 16.1. The number of rotatable bonds is 5. The number of nitrogens with one attached hydrogen (secondary N) is 1. The van der Waals surface area contributed by atoms with Gasteiger partial charge in [0.1, 0.15) is 4.32 Å². The van der Waals surface area contributed by atoms with Gasteiger partial charge in [0, 0.05) is 0 Å². The summed E-state index contributed by atoms with van der Waals surface area (Å²) in [4.78, 5) is 12.1. The number of methoxy groups -OCH3 is 3. The Morgan fingerprint density at radius 1 is 1.14 bits per heavy atom. The molecule has 0 unspecified atom stereocenters. The molecule has 0 bridgehead atoms. The Balaban J connectivity index is 2.26. The van der Waals surface area contributed by atoms with Gasteiger partial charge in [-0.25, -0.2) is 0 Å². The fourth-order valence-corrected chi connectivity index (χ4v) is 2.88. The largest absolute Gasteiger partial charge is 0.493 e. The maximum absolute atomic E-state index is 11.5. The van der Waals surface area contributed by atoms with Crippen molar-refractivity contribution >= 4 is 40.3 Å². The van der Waals surface area contributed by atoms with E-state index in [9.17, 15) is 4.79 Å². The minimum atomic E-state index is -0.176. The third-order valence-corrected chi connectivity index (χ3v) is 4.05. The van der Waals surface area contributed by atoms with Crippen molar-refractivity contribution in [2.45, 2.75) is 0 Å². The minimum Gasteiger partial charge on any atom is -0.493 e. The van der Waals surface area contributed by atoms with E-state index in [4.69, 9.17) is 26.4 Å². The molecule has 0 aromatic heterocycles. The van der Waals surface area contributed by atoms with Crippen LogP contribution in [0.25, 0.3) is 6.08 Å². The summed E-state index contributed by atoms with van der Waals surface area (Å²) in [7, 11) is 4.68. The van der Waals surface area contributed by atoms with Gasteiger partial charge in [-0.2, -0.15) is 0 Å². The lowest BCUT2D eigenvalue weighted by Gasteiger charge is -2.12. The fourth-order valence-electron chi connectivity index (χ4n) is 1.88. The van der Waals surface area contributed by atoms with Crippen LogP contribution in [0, 0.1) is 0 Å². The molecular formula is C15H15NO4S2. The van der Waals surface area contributed by atoms with Crippen molar-refractivity contribution in [3.05, 3.63) is 34.8 Å². The van der Waals surface area contributed by atoms with Crippen molar-refractivity contribution in [2.24, 2.45) is 0 Å². The number of carbonyl (C=O) groups excluding carboxylic acids is 1. The van der Waals surface area contributed by atoms with E-state index < -0.39 is 0 Å². The van der Waals surface area contributed by atoms with Crippen LogP contribution in [-0.4, -0.2) is 31.6 Å². The molecule has 116 valence electrons. The summed E-state index contributed by atoms with van der Waals surface area (Å²) in [6, 6.07) is 3.64. The van der Waals surface area contributed by atoms with Gasteiger partial charge in [-0.05, 0) is 23.8 Å². The molecule has 1 N–H and O–H groups in total. The summed E-state index contributed by atoms with van der Waals surface area (Å²) in [6.45, 7) is 0. The molecule has 0 atom stereocenters. The van der Waals surface area contributed by atoms with E-state index >= 15 is 0 Å². The van der Waals surface area contributed by atoms with Gasteiger partial charge < -0.3 is 19.5 Å². The lowest BCUT2D eigenvalue weighted by Crippen LogP contribution is -2.17. The second-order valence-corrected chi connectivity index (χ2v) is 5.91. The number of amides is 1. The van der Waals surface area contributed by atoms with Crippen LogP contribution in [0.15, 0.2) is 29.2 Å². The van der Waals surface area contributed by atoms with Crippen molar-refractivity contribution in [1.29, 1.82) is 0 Å².